The van der Waals surface area contributed by atoms with Crippen molar-refractivity contribution in [1.29, 1.82) is 0 Å². The topological polar surface area (TPSA) is 127 Å². The van der Waals surface area contributed by atoms with Crippen LogP contribution in [0.1, 0.15) is 98.9 Å². The minimum atomic E-state index is -4.55. The van der Waals surface area contributed by atoms with Crippen molar-refractivity contribution in [2.24, 2.45) is 0 Å². The Balaban J connectivity index is 0.000000218. The number of carbonyl (C=O) groups is 2. The SMILES string of the molecule is CC(C)Oc1ccc(COc2ccc3c(c2)c(Cl)c2n3CC[C@@H]2CC(=O)[O-])cc1C(F)(F)F.CC(C)Oc1ccc(COc2ccc3c(c2)c(Cl)c2n3CC[C@@H]2CC(=O)[O-])cc1C(F)(F)F.[Ca+2]. The van der Waals surface area contributed by atoms with Crippen LogP contribution in [0.5, 0.6) is 23.0 Å². The Morgan fingerprint density at radius 3 is 1.33 bits per heavy atom. The summed E-state index contributed by atoms with van der Waals surface area (Å²) < 4.78 is 107. The number of carboxylic acid groups (broad SMARTS) is 2. The third kappa shape index (κ3) is 11.9. The van der Waals surface area contributed by atoms with E-state index in [9.17, 15) is 46.1 Å². The molecule has 2 aromatic heterocycles. The van der Waals surface area contributed by atoms with E-state index in [0.29, 0.717) is 69.4 Å². The van der Waals surface area contributed by atoms with E-state index in [1.54, 1.807) is 52.0 Å². The zero-order chi connectivity index (χ0) is 47.8. The smallest absolute Gasteiger partial charge is 0.550 e. The van der Waals surface area contributed by atoms with Crippen molar-refractivity contribution in [3.05, 3.63) is 116 Å². The third-order valence-electron chi connectivity index (χ3n) is 11.3. The van der Waals surface area contributed by atoms with Gasteiger partial charge in [-0.3, -0.25) is 0 Å². The van der Waals surface area contributed by atoms with Crippen molar-refractivity contribution in [3.8, 4) is 23.0 Å². The van der Waals surface area contributed by atoms with E-state index >= 15 is 0 Å². The quantitative estimate of drug-likeness (QED) is 0.0780. The molecule has 0 saturated heterocycles. The van der Waals surface area contributed by atoms with E-state index in [2.05, 4.69) is 0 Å². The number of aromatic nitrogens is 2. The second-order valence-electron chi connectivity index (χ2n) is 16.8. The monoisotopic (exact) mass is 1000 g/mol. The molecule has 19 heteroatoms. The van der Waals surface area contributed by atoms with Gasteiger partial charge in [0.25, 0.3) is 0 Å². The Hall–Kier alpha value is -4.48. The maximum absolute atomic E-state index is 13.5. The summed E-state index contributed by atoms with van der Waals surface area (Å²) in [7, 11) is 0. The van der Waals surface area contributed by atoms with Crippen molar-refractivity contribution < 1.29 is 65.1 Å². The van der Waals surface area contributed by atoms with Crippen LogP contribution in [0.3, 0.4) is 0 Å². The largest absolute Gasteiger partial charge is 2.00 e. The molecule has 352 valence electrons. The summed E-state index contributed by atoms with van der Waals surface area (Å²) in [6.45, 7) is 7.81. The molecule has 2 aliphatic heterocycles. The second-order valence-corrected chi connectivity index (χ2v) is 17.5. The number of hydrogen-bond donors (Lipinski definition) is 0. The number of rotatable bonds is 14. The molecule has 0 N–H and O–H groups in total. The van der Waals surface area contributed by atoms with E-state index in [4.69, 9.17) is 42.1 Å². The van der Waals surface area contributed by atoms with Gasteiger partial charge in [0, 0.05) is 59.0 Å². The molecule has 0 spiro atoms. The Labute approximate surface area is 421 Å². The van der Waals surface area contributed by atoms with Crippen molar-refractivity contribution in [3.63, 3.8) is 0 Å². The minimum Gasteiger partial charge on any atom is -0.550 e. The number of fused-ring (bicyclic) bond motifs is 6. The van der Waals surface area contributed by atoms with Crippen molar-refractivity contribution in [2.75, 3.05) is 0 Å². The number of carboxylic acids is 2. The van der Waals surface area contributed by atoms with Crippen LogP contribution in [0, 0.1) is 0 Å². The number of benzene rings is 4. The first-order valence-corrected chi connectivity index (χ1v) is 21.9. The third-order valence-corrected chi connectivity index (χ3v) is 12.1. The maximum atomic E-state index is 13.5. The molecule has 2 aliphatic rings. The summed E-state index contributed by atoms with van der Waals surface area (Å²) >= 11 is 13.1. The van der Waals surface area contributed by atoms with Crippen LogP contribution in [0.4, 0.5) is 26.3 Å². The molecule has 0 radical (unpaired) electrons. The molecule has 10 nitrogen and oxygen atoms in total. The van der Waals surface area contributed by atoms with Crippen molar-refractivity contribution >= 4 is 94.7 Å². The Morgan fingerprint density at radius 2 is 1.00 bits per heavy atom. The van der Waals surface area contributed by atoms with Crippen LogP contribution in [-0.4, -0.2) is 71.0 Å². The fraction of sp³-hybridized carbons (Fsp3) is 0.375. The van der Waals surface area contributed by atoms with E-state index in [1.807, 2.05) is 21.3 Å². The van der Waals surface area contributed by atoms with Crippen LogP contribution < -0.4 is 29.2 Å². The first-order chi connectivity index (χ1) is 31.1. The predicted molar refractivity (Wildman–Crippen MR) is 237 cm³/mol. The Bertz CT molecular complexity index is 2600. The van der Waals surface area contributed by atoms with Gasteiger partial charge in [-0.1, -0.05) is 35.3 Å². The molecular weight excluding hydrogens is 958 g/mol. The molecule has 6 aromatic rings. The van der Waals surface area contributed by atoms with E-state index in [-0.39, 0.29) is 99.3 Å². The molecule has 0 amide bonds. The second kappa shape index (κ2) is 21.0. The predicted octanol–water partition coefficient (Wildman–Crippen LogP) is 10.2. The fourth-order valence-electron chi connectivity index (χ4n) is 8.55. The van der Waals surface area contributed by atoms with Crippen molar-refractivity contribution in [2.45, 2.75) is 116 Å². The molecule has 0 fully saturated rings. The van der Waals surface area contributed by atoms with E-state index in [0.717, 1.165) is 34.6 Å². The van der Waals surface area contributed by atoms with Gasteiger partial charge in [0.2, 0.25) is 0 Å². The van der Waals surface area contributed by atoms with Gasteiger partial charge < -0.3 is 47.9 Å². The van der Waals surface area contributed by atoms with Gasteiger partial charge in [-0.2, -0.15) is 26.3 Å². The maximum Gasteiger partial charge on any atom is 2.00 e. The average Bonchev–Trinajstić information content (AvgIpc) is 3.97. The zero-order valence-corrected chi connectivity index (χ0v) is 40.5. The average molecular weight is 1000 g/mol. The van der Waals surface area contributed by atoms with Gasteiger partial charge in [0.15, 0.2) is 0 Å². The van der Waals surface area contributed by atoms with Gasteiger partial charge in [-0.15, -0.1) is 0 Å². The molecule has 67 heavy (non-hydrogen) atoms. The van der Waals surface area contributed by atoms with Gasteiger partial charge in [0.05, 0.1) is 44.4 Å². The van der Waals surface area contributed by atoms with Crippen LogP contribution in [0.25, 0.3) is 21.8 Å². The molecular formula is C48H44CaCl2F6N2O8. The minimum absolute atomic E-state index is 0. The number of nitrogens with zero attached hydrogens (tertiary/aromatic N) is 2. The molecule has 8 rings (SSSR count). The molecule has 0 unspecified atom stereocenters. The van der Waals surface area contributed by atoms with Gasteiger partial charge in [-0.25, -0.2) is 0 Å². The van der Waals surface area contributed by atoms with Crippen LogP contribution in [-0.2, 0) is 48.2 Å². The number of aliphatic carboxylic acids is 2. The van der Waals surface area contributed by atoms with Gasteiger partial charge >= 0.3 is 50.1 Å². The number of halogens is 8. The summed E-state index contributed by atoms with van der Waals surface area (Å²) in [5, 5.41) is 24.5. The van der Waals surface area contributed by atoms with Crippen molar-refractivity contribution in [1.82, 2.24) is 9.13 Å². The standard InChI is InChI=1S/2C24H23ClF3NO4.Ca/c2*1-13(2)33-20-6-3-14(9-18(20)24(26,27)28)12-32-16-4-5-19-17(11-16)22(25)23-15(10-21(30)31)7-8-29(19)23;/h2*3-6,9,11,13,15H,7-8,10,12H2,1-2H3,(H,30,31);/q;;+2/p-2/t2*15-;/m11./s1. The fourth-order valence-corrected chi connectivity index (χ4v) is 9.37. The molecule has 4 heterocycles. The number of alkyl halides is 6. The normalized spacial score (nSPS) is 15.6. The van der Waals surface area contributed by atoms with Crippen LogP contribution in [0.2, 0.25) is 10.0 Å². The van der Waals surface area contributed by atoms with Gasteiger partial charge in [-0.05, 0) is 125 Å². The first-order valence-electron chi connectivity index (χ1n) is 21.1. The van der Waals surface area contributed by atoms with Gasteiger partial charge in [0.1, 0.15) is 36.2 Å². The summed E-state index contributed by atoms with van der Waals surface area (Å²) in [4.78, 5) is 22.1. The number of aryl methyl sites for hydroxylation is 2. The number of carbonyl (C=O) groups excluding carboxylic acids is 2. The summed E-state index contributed by atoms with van der Waals surface area (Å²) in [6.07, 6.45) is -8.73. The first kappa shape index (κ1) is 51.9. The zero-order valence-electron chi connectivity index (χ0n) is 36.8. The summed E-state index contributed by atoms with van der Waals surface area (Å²) in [6, 6.07) is 18.3. The molecule has 0 aliphatic carbocycles. The number of hydrogen-bond acceptors (Lipinski definition) is 8. The molecule has 2 atom stereocenters. The summed E-state index contributed by atoms with van der Waals surface area (Å²) in [5.74, 6) is -2.22. The molecule has 4 aromatic carbocycles. The number of ether oxygens (including phenoxy) is 4. The molecule has 0 bridgehead atoms. The van der Waals surface area contributed by atoms with Crippen LogP contribution in [0.15, 0.2) is 72.8 Å². The van der Waals surface area contributed by atoms with E-state index in [1.165, 1.54) is 24.3 Å². The molecule has 0 saturated carbocycles. The Morgan fingerprint density at radius 1 is 0.627 bits per heavy atom. The van der Waals surface area contributed by atoms with E-state index < -0.39 is 35.4 Å². The van der Waals surface area contributed by atoms with Crippen LogP contribution >= 0.6 is 23.2 Å². The Kier molecular flexibility index (Phi) is 16.3. The summed E-state index contributed by atoms with van der Waals surface area (Å²) in [5.41, 5.74) is 2.25.